The van der Waals surface area contributed by atoms with Crippen LogP contribution >= 0.6 is 23.4 Å². The van der Waals surface area contributed by atoms with E-state index in [2.05, 4.69) is 15.5 Å². The zero-order valence-corrected chi connectivity index (χ0v) is 18.1. The quantitative estimate of drug-likeness (QED) is 0.228. The lowest BCUT2D eigenvalue weighted by Crippen LogP contribution is -2.14. The summed E-state index contributed by atoms with van der Waals surface area (Å²) in [6.45, 7) is 0. The van der Waals surface area contributed by atoms with Crippen molar-refractivity contribution >= 4 is 40.6 Å². The average Bonchev–Trinajstić information content (AvgIpc) is 3.22. The number of nitro benzene ring substituents is 1. The monoisotopic (exact) mass is 465 g/mol. The summed E-state index contributed by atoms with van der Waals surface area (Å²) in [6.07, 6.45) is 0. The molecule has 0 radical (unpaired) electrons. The molecule has 0 spiro atoms. The number of anilines is 1. The minimum Gasteiger partial charge on any atom is -0.325 e. The van der Waals surface area contributed by atoms with Crippen molar-refractivity contribution in [3.63, 3.8) is 0 Å². The van der Waals surface area contributed by atoms with Crippen LogP contribution in [0.5, 0.6) is 0 Å². The molecule has 4 aromatic rings. The van der Waals surface area contributed by atoms with Gasteiger partial charge in [-0.05, 0) is 42.5 Å². The molecule has 0 unspecified atom stereocenters. The summed E-state index contributed by atoms with van der Waals surface area (Å²) in [7, 11) is 0. The summed E-state index contributed by atoms with van der Waals surface area (Å²) in [4.78, 5) is 22.9. The second-order valence-electron chi connectivity index (χ2n) is 6.63. The number of nitro groups is 1. The minimum absolute atomic E-state index is 0.00758. The molecule has 1 aromatic heterocycles. The second-order valence-corrected chi connectivity index (χ2v) is 8.01. The van der Waals surface area contributed by atoms with Crippen LogP contribution in [-0.2, 0) is 4.79 Å². The molecular weight excluding hydrogens is 450 g/mol. The third kappa shape index (κ3) is 4.96. The van der Waals surface area contributed by atoms with E-state index in [4.69, 9.17) is 11.6 Å². The van der Waals surface area contributed by atoms with E-state index in [0.717, 1.165) is 5.69 Å². The van der Waals surface area contributed by atoms with Crippen LogP contribution in [0.3, 0.4) is 0 Å². The molecule has 1 amide bonds. The van der Waals surface area contributed by atoms with E-state index in [0.29, 0.717) is 27.3 Å². The third-order valence-corrected chi connectivity index (χ3v) is 5.59. The first kappa shape index (κ1) is 21.5. The Morgan fingerprint density at radius 2 is 1.78 bits per heavy atom. The van der Waals surface area contributed by atoms with Crippen LogP contribution in [0.1, 0.15) is 0 Å². The molecule has 10 heteroatoms. The number of nitrogens with one attached hydrogen (secondary N) is 1. The molecule has 32 heavy (non-hydrogen) atoms. The van der Waals surface area contributed by atoms with Crippen molar-refractivity contribution in [2.75, 3.05) is 11.1 Å². The number of nitrogens with zero attached hydrogens (tertiary/aromatic N) is 4. The molecule has 0 aliphatic carbocycles. The zero-order chi connectivity index (χ0) is 22.5. The van der Waals surface area contributed by atoms with E-state index in [1.807, 2.05) is 34.9 Å². The number of hydrogen-bond donors (Lipinski definition) is 1. The second kappa shape index (κ2) is 9.63. The highest BCUT2D eigenvalue weighted by molar-refractivity contribution is 7.99. The van der Waals surface area contributed by atoms with E-state index in [1.165, 1.54) is 23.9 Å². The number of rotatable bonds is 7. The topological polar surface area (TPSA) is 103 Å². The predicted octanol–water partition coefficient (Wildman–Crippen LogP) is 5.23. The van der Waals surface area contributed by atoms with Gasteiger partial charge in [0.1, 0.15) is 0 Å². The number of benzene rings is 3. The number of halogens is 1. The molecule has 8 nitrogen and oxygen atoms in total. The SMILES string of the molecule is O=C(CSc1nnc(-c2ccc([N+](=O)[O-])cc2)n1-c1ccccc1)Nc1cccc(Cl)c1. The molecule has 0 aliphatic heterocycles. The summed E-state index contributed by atoms with van der Waals surface area (Å²) in [5, 5.41) is 23.4. The van der Waals surface area contributed by atoms with E-state index in [9.17, 15) is 14.9 Å². The lowest BCUT2D eigenvalue weighted by atomic mass is 10.2. The Labute approximate surface area is 192 Å². The van der Waals surface area contributed by atoms with E-state index >= 15 is 0 Å². The van der Waals surface area contributed by atoms with E-state index in [-0.39, 0.29) is 17.3 Å². The lowest BCUT2D eigenvalue weighted by molar-refractivity contribution is -0.384. The Balaban J connectivity index is 1.59. The highest BCUT2D eigenvalue weighted by Gasteiger charge is 2.18. The van der Waals surface area contributed by atoms with Gasteiger partial charge in [0, 0.05) is 34.1 Å². The van der Waals surface area contributed by atoms with Gasteiger partial charge in [-0.1, -0.05) is 47.6 Å². The molecule has 0 aliphatic rings. The van der Waals surface area contributed by atoms with Crippen LogP contribution in [0.2, 0.25) is 5.02 Å². The van der Waals surface area contributed by atoms with Gasteiger partial charge in [0.25, 0.3) is 5.69 Å². The molecule has 0 bridgehead atoms. The van der Waals surface area contributed by atoms with Crippen molar-refractivity contribution < 1.29 is 9.72 Å². The van der Waals surface area contributed by atoms with Gasteiger partial charge >= 0.3 is 0 Å². The molecule has 0 saturated heterocycles. The van der Waals surface area contributed by atoms with Crippen LogP contribution in [0.15, 0.2) is 84.0 Å². The van der Waals surface area contributed by atoms with Crippen molar-refractivity contribution in [3.8, 4) is 17.1 Å². The molecule has 0 atom stereocenters. The van der Waals surface area contributed by atoms with Crippen molar-refractivity contribution in [2.24, 2.45) is 0 Å². The molecule has 1 N–H and O–H groups in total. The predicted molar refractivity (Wildman–Crippen MR) is 124 cm³/mol. The lowest BCUT2D eigenvalue weighted by Gasteiger charge is -2.10. The Morgan fingerprint density at radius 3 is 2.47 bits per heavy atom. The van der Waals surface area contributed by atoms with Crippen molar-refractivity contribution in [2.45, 2.75) is 5.16 Å². The van der Waals surface area contributed by atoms with Gasteiger partial charge in [-0.25, -0.2) is 0 Å². The molecule has 0 fully saturated rings. The number of carbonyl (C=O) groups excluding carboxylic acids is 1. The Kier molecular flexibility index (Phi) is 6.48. The minimum atomic E-state index is -0.453. The third-order valence-electron chi connectivity index (χ3n) is 4.42. The van der Waals surface area contributed by atoms with Gasteiger partial charge < -0.3 is 5.32 Å². The van der Waals surface area contributed by atoms with Crippen LogP contribution in [-0.4, -0.2) is 31.3 Å². The molecule has 3 aromatic carbocycles. The van der Waals surface area contributed by atoms with Crippen LogP contribution in [0.25, 0.3) is 17.1 Å². The molecule has 4 rings (SSSR count). The number of thioether (sulfide) groups is 1. The molecular formula is C22H16ClN5O3S. The van der Waals surface area contributed by atoms with Crippen molar-refractivity contribution in [1.29, 1.82) is 0 Å². The van der Waals surface area contributed by atoms with E-state index < -0.39 is 4.92 Å². The summed E-state index contributed by atoms with van der Waals surface area (Å²) in [6, 6.07) is 22.5. The smallest absolute Gasteiger partial charge is 0.269 e. The van der Waals surface area contributed by atoms with E-state index in [1.54, 1.807) is 36.4 Å². The summed E-state index contributed by atoms with van der Waals surface area (Å²) >= 11 is 7.20. The highest BCUT2D eigenvalue weighted by Crippen LogP contribution is 2.29. The molecule has 160 valence electrons. The normalized spacial score (nSPS) is 10.7. The van der Waals surface area contributed by atoms with Gasteiger partial charge in [0.15, 0.2) is 11.0 Å². The number of carbonyl (C=O) groups is 1. The largest absolute Gasteiger partial charge is 0.325 e. The number of non-ortho nitro benzene ring substituents is 1. The first-order valence-electron chi connectivity index (χ1n) is 9.45. The fraction of sp³-hybridized carbons (Fsp3) is 0.0455. The number of aromatic nitrogens is 3. The first-order chi connectivity index (χ1) is 15.5. The summed E-state index contributed by atoms with van der Waals surface area (Å²) < 4.78 is 1.82. The standard InChI is InChI=1S/C22H16ClN5O3S/c23-16-5-4-6-17(13-16)24-20(29)14-32-22-26-25-21(27(22)18-7-2-1-3-8-18)15-9-11-19(12-10-15)28(30)31/h1-13H,14H2,(H,24,29). The average molecular weight is 466 g/mol. The number of para-hydroxylation sites is 1. The maximum Gasteiger partial charge on any atom is 0.269 e. The van der Waals surface area contributed by atoms with Crippen LogP contribution in [0, 0.1) is 10.1 Å². The summed E-state index contributed by atoms with van der Waals surface area (Å²) in [5.41, 5.74) is 2.08. The van der Waals surface area contributed by atoms with Crippen molar-refractivity contribution in [3.05, 3.63) is 94.0 Å². The number of amides is 1. The van der Waals surface area contributed by atoms with Gasteiger partial charge in [-0.15, -0.1) is 10.2 Å². The maximum atomic E-state index is 12.4. The fourth-order valence-electron chi connectivity index (χ4n) is 2.99. The van der Waals surface area contributed by atoms with Crippen LogP contribution in [0.4, 0.5) is 11.4 Å². The van der Waals surface area contributed by atoms with Gasteiger partial charge in [0.05, 0.1) is 10.7 Å². The Bertz CT molecular complexity index is 1260. The molecule has 0 saturated carbocycles. The van der Waals surface area contributed by atoms with Gasteiger partial charge in [0.2, 0.25) is 5.91 Å². The maximum absolute atomic E-state index is 12.4. The first-order valence-corrected chi connectivity index (χ1v) is 10.8. The highest BCUT2D eigenvalue weighted by atomic mass is 35.5. The Hall–Kier alpha value is -3.69. The van der Waals surface area contributed by atoms with Gasteiger partial charge in [-0.3, -0.25) is 19.5 Å². The van der Waals surface area contributed by atoms with Crippen LogP contribution < -0.4 is 5.32 Å². The Morgan fingerprint density at radius 1 is 1.03 bits per heavy atom. The van der Waals surface area contributed by atoms with Gasteiger partial charge in [-0.2, -0.15) is 0 Å². The summed E-state index contributed by atoms with van der Waals surface area (Å²) in [5.74, 6) is 0.415. The number of hydrogen-bond acceptors (Lipinski definition) is 6. The fourth-order valence-corrected chi connectivity index (χ4v) is 3.93. The van der Waals surface area contributed by atoms with Crippen molar-refractivity contribution in [1.82, 2.24) is 14.8 Å². The molecule has 1 heterocycles. The zero-order valence-electron chi connectivity index (χ0n) is 16.5.